The number of benzene rings is 3. The van der Waals surface area contributed by atoms with Crippen molar-refractivity contribution >= 4 is 34.0 Å². The molecular weight excluding hydrogens is 521 g/mol. The first kappa shape index (κ1) is 27.0. The Morgan fingerprint density at radius 3 is 2.51 bits per heavy atom. The summed E-state index contributed by atoms with van der Waals surface area (Å²) in [5.74, 6) is 2.06. The second-order valence-corrected chi connectivity index (χ2v) is 11.1. The van der Waals surface area contributed by atoms with Gasteiger partial charge in [0.1, 0.15) is 11.6 Å². The van der Waals surface area contributed by atoms with Crippen molar-refractivity contribution in [1.82, 2.24) is 9.97 Å². The number of nitrogens with one attached hydrogen (secondary N) is 1. The maximum absolute atomic E-state index is 14.5. The van der Waals surface area contributed by atoms with Gasteiger partial charge in [0.05, 0.1) is 13.2 Å². The third-order valence-corrected chi connectivity index (χ3v) is 7.64. The molecular formula is C32H34FN5O3. The van der Waals surface area contributed by atoms with Crippen molar-refractivity contribution < 1.29 is 18.7 Å². The molecule has 6 rings (SSSR count). The lowest BCUT2D eigenvalue weighted by molar-refractivity contribution is 0.102. The number of fused-ring (bicyclic) bond motifs is 1. The maximum Gasteiger partial charge on any atom is 0.255 e. The molecule has 2 unspecified atom stereocenters. The summed E-state index contributed by atoms with van der Waals surface area (Å²) in [6, 6.07) is 17.5. The highest BCUT2D eigenvalue weighted by molar-refractivity contribution is 6.10. The van der Waals surface area contributed by atoms with Gasteiger partial charge in [0.25, 0.3) is 5.91 Å². The van der Waals surface area contributed by atoms with Gasteiger partial charge < -0.3 is 24.6 Å². The summed E-state index contributed by atoms with van der Waals surface area (Å²) < 4.78 is 26.2. The molecule has 3 aromatic carbocycles. The van der Waals surface area contributed by atoms with Crippen LogP contribution in [0.25, 0.3) is 10.8 Å². The molecule has 212 valence electrons. The van der Waals surface area contributed by atoms with Gasteiger partial charge in [-0.05, 0) is 48.6 Å². The lowest BCUT2D eigenvalue weighted by Crippen LogP contribution is -2.39. The average molecular weight is 556 g/mol. The second-order valence-electron chi connectivity index (χ2n) is 11.1. The molecule has 0 bridgehead atoms. The number of piperidine rings is 1. The standard InChI is InChI=1S/C32H34FN5O3/c1-21-15-22(2)20-38(19-21)32-34-10-9-30(36-32)41-29-8-7-28(26-5-3-4-6-27(26)29)35-31(39)23-16-24(33)18-25(17-23)37-11-13-40-14-12-37/h3-10,16-18,21-22H,11-15,19-20H2,1-2H3,(H,35,39). The van der Waals surface area contributed by atoms with Gasteiger partial charge in [0.15, 0.2) is 0 Å². The summed E-state index contributed by atoms with van der Waals surface area (Å²) in [7, 11) is 0. The molecule has 2 saturated heterocycles. The zero-order chi connectivity index (χ0) is 28.3. The van der Waals surface area contributed by atoms with E-state index in [1.165, 1.54) is 18.6 Å². The Kier molecular flexibility index (Phi) is 7.69. The van der Waals surface area contributed by atoms with Crippen molar-refractivity contribution in [2.24, 2.45) is 11.8 Å². The van der Waals surface area contributed by atoms with E-state index in [2.05, 4.69) is 29.0 Å². The molecule has 8 nitrogen and oxygen atoms in total. The van der Waals surface area contributed by atoms with E-state index in [4.69, 9.17) is 14.5 Å². The molecule has 2 aliphatic heterocycles. The Morgan fingerprint density at radius 1 is 0.976 bits per heavy atom. The largest absolute Gasteiger partial charge is 0.438 e. The van der Waals surface area contributed by atoms with E-state index in [1.54, 1.807) is 24.4 Å². The normalized spacial score (nSPS) is 19.3. The fraction of sp³-hybridized carbons (Fsp3) is 0.344. The summed E-state index contributed by atoms with van der Waals surface area (Å²) >= 11 is 0. The molecule has 2 aliphatic rings. The number of amides is 1. The van der Waals surface area contributed by atoms with Gasteiger partial charge in [0, 0.05) is 66.2 Å². The highest BCUT2D eigenvalue weighted by Crippen LogP contribution is 2.35. The van der Waals surface area contributed by atoms with Crippen LogP contribution in [0.4, 0.5) is 21.7 Å². The van der Waals surface area contributed by atoms with Crippen LogP contribution in [0.3, 0.4) is 0 Å². The van der Waals surface area contributed by atoms with Crippen LogP contribution in [0, 0.1) is 17.7 Å². The Labute approximate surface area is 239 Å². The van der Waals surface area contributed by atoms with Gasteiger partial charge >= 0.3 is 0 Å². The number of hydrogen-bond acceptors (Lipinski definition) is 7. The third-order valence-electron chi connectivity index (χ3n) is 7.64. The monoisotopic (exact) mass is 555 g/mol. The molecule has 1 amide bonds. The zero-order valence-electron chi connectivity index (χ0n) is 23.3. The summed E-state index contributed by atoms with van der Waals surface area (Å²) in [6.45, 7) is 8.81. The van der Waals surface area contributed by atoms with E-state index < -0.39 is 5.82 Å². The Balaban J connectivity index is 1.24. The van der Waals surface area contributed by atoms with Gasteiger partial charge in [-0.2, -0.15) is 4.98 Å². The zero-order valence-corrected chi connectivity index (χ0v) is 23.3. The molecule has 1 aromatic heterocycles. The lowest BCUT2D eigenvalue weighted by Gasteiger charge is -2.34. The van der Waals surface area contributed by atoms with Crippen LogP contribution in [-0.2, 0) is 4.74 Å². The number of hydrogen-bond donors (Lipinski definition) is 1. The number of morpholine rings is 1. The quantitative estimate of drug-likeness (QED) is 0.307. The third kappa shape index (κ3) is 6.10. The fourth-order valence-electron chi connectivity index (χ4n) is 5.85. The smallest absolute Gasteiger partial charge is 0.255 e. The number of anilines is 3. The molecule has 1 N–H and O–H groups in total. The molecule has 0 aliphatic carbocycles. The van der Waals surface area contributed by atoms with Crippen molar-refractivity contribution in [3.8, 4) is 11.6 Å². The number of carbonyl (C=O) groups excluding carboxylic acids is 1. The van der Waals surface area contributed by atoms with Crippen molar-refractivity contribution in [2.45, 2.75) is 20.3 Å². The number of carbonyl (C=O) groups is 1. The van der Waals surface area contributed by atoms with Crippen LogP contribution in [-0.4, -0.2) is 55.3 Å². The van der Waals surface area contributed by atoms with E-state index >= 15 is 0 Å². The maximum atomic E-state index is 14.5. The van der Waals surface area contributed by atoms with E-state index in [-0.39, 0.29) is 11.5 Å². The average Bonchev–Trinajstić information content (AvgIpc) is 2.98. The van der Waals surface area contributed by atoms with Crippen LogP contribution in [0.2, 0.25) is 0 Å². The molecule has 0 spiro atoms. The topological polar surface area (TPSA) is 79.8 Å². The molecule has 2 fully saturated rings. The van der Waals surface area contributed by atoms with Gasteiger partial charge in [-0.1, -0.05) is 38.1 Å². The van der Waals surface area contributed by atoms with Crippen molar-refractivity contribution in [2.75, 3.05) is 54.5 Å². The minimum absolute atomic E-state index is 0.255. The van der Waals surface area contributed by atoms with Gasteiger partial charge in [-0.25, -0.2) is 9.37 Å². The number of rotatable bonds is 6. The van der Waals surface area contributed by atoms with E-state index in [1.807, 2.05) is 35.2 Å². The Morgan fingerprint density at radius 2 is 1.73 bits per heavy atom. The number of ether oxygens (including phenoxy) is 2. The minimum atomic E-state index is -0.453. The number of aromatic nitrogens is 2. The molecule has 4 aromatic rings. The van der Waals surface area contributed by atoms with Gasteiger partial charge in [-0.15, -0.1) is 0 Å². The lowest BCUT2D eigenvalue weighted by atomic mass is 9.92. The number of halogens is 1. The van der Waals surface area contributed by atoms with Crippen molar-refractivity contribution in [1.29, 1.82) is 0 Å². The van der Waals surface area contributed by atoms with Crippen LogP contribution in [0.1, 0.15) is 30.6 Å². The summed E-state index contributed by atoms with van der Waals surface area (Å²) in [5.41, 5.74) is 1.53. The SMILES string of the molecule is CC1CC(C)CN(c2nccc(Oc3ccc(NC(=O)c4cc(F)cc(N5CCOCC5)c4)c4ccccc34)n2)C1. The van der Waals surface area contributed by atoms with E-state index in [0.29, 0.717) is 67.1 Å². The predicted molar refractivity (Wildman–Crippen MR) is 159 cm³/mol. The molecule has 9 heteroatoms. The fourth-order valence-corrected chi connectivity index (χ4v) is 5.85. The molecule has 41 heavy (non-hydrogen) atoms. The van der Waals surface area contributed by atoms with Gasteiger partial charge in [0.2, 0.25) is 11.8 Å². The van der Waals surface area contributed by atoms with Crippen molar-refractivity contribution in [3.63, 3.8) is 0 Å². The molecule has 0 saturated carbocycles. The minimum Gasteiger partial charge on any atom is -0.438 e. The second kappa shape index (κ2) is 11.7. The predicted octanol–water partition coefficient (Wildman–Crippen LogP) is 6.13. The Bertz CT molecular complexity index is 1550. The first-order chi connectivity index (χ1) is 19.9. The molecule has 3 heterocycles. The summed E-state index contributed by atoms with van der Waals surface area (Å²) in [6.07, 6.45) is 2.93. The number of nitrogens with zero attached hydrogens (tertiary/aromatic N) is 4. The first-order valence-electron chi connectivity index (χ1n) is 14.1. The van der Waals surface area contributed by atoms with Crippen LogP contribution >= 0.6 is 0 Å². The van der Waals surface area contributed by atoms with Crippen LogP contribution in [0.15, 0.2) is 66.9 Å². The first-order valence-corrected chi connectivity index (χ1v) is 14.1. The highest BCUT2D eigenvalue weighted by atomic mass is 19.1. The van der Waals surface area contributed by atoms with Gasteiger partial charge in [-0.3, -0.25) is 4.79 Å². The highest BCUT2D eigenvalue weighted by Gasteiger charge is 2.24. The summed E-state index contributed by atoms with van der Waals surface area (Å²) in [5, 5.41) is 4.59. The summed E-state index contributed by atoms with van der Waals surface area (Å²) in [4.78, 5) is 26.7. The van der Waals surface area contributed by atoms with E-state index in [9.17, 15) is 9.18 Å². The molecule has 2 atom stereocenters. The van der Waals surface area contributed by atoms with Crippen LogP contribution < -0.4 is 19.9 Å². The van der Waals surface area contributed by atoms with E-state index in [0.717, 1.165) is 23.9 Å². The van der Waals surface area contributed by atoms with Crippen molar-refractivity contribution in [3.05, 3.63) is 78.2 Å². The van der Waals surface area contributed by atoms with Crippen LogP contribution in [0.5, 0.6) is 11.6 Å². The Hall–Kier alpha value is -4.24. The molecule has 0 radical (unpaired) electrons.